The molecule has 25 heavy (non-hydrogen) atoms. The molecule has 0 bridgehead atoms. The molecule has 0 radical (unpaired) electrons. The number of nitrogens with one attached hydrogen (secondary N) is 2. The lowest BCUT2D eigenvalue weighted by Crippen LogP contribution is -3.08. The third kappa shape index (κ3) is 5.54. The molecule has 1 heterocycles. The minimum Gasteiger partial charge on any atom is -0.348 e. The Morgan fingerprint density at radius 3 is 2.32 bits per heavy atom. The van der Waals surface area contributed by atoms with Crippen molar-refractivity contribution in [3.8, 4) is 0 Å². The molecule has 3 nitrogen and oxygen atoms in total. The molecular weight excluding hydrogens is 315 g/mol. The van der Waals surface area contributed by atoms with Crippen LogP contribution in [-0.2, 0) is 17.9 Å². The lowest BCUT2D eigenvalue weighted by atomic mass is 10.1. The zero-order valence-electron chi connectivity index (χ0n) is 14.3. The fourth-order valence-corrected chi connectivity index (χ4v) is 3.11. The molecule has 0 unspecified atom stereocenters. The van der Waals surface area contributed by atoms with E-state index in [-0.39, 0.29) is 11.7 Å². The van der Waals surface area contributed by atoms with Crippen LogP contribution in [0.25, 0.3) is 6.08 Å². The average Bonchev–Trinajstić information content (AvgIpc) is 3.14. The van der Waals surface area contributed by atoms with Gasteiger partial charge in [0, 0.05) is 31.0 Å². The Balaban J connectivity index is 1.45. The van der Waals surface area contributed by atoms with Crippen molar-refractivity contribution in [3.63, 3.8) is 0 Å². The van der Waals surface area contributed by atoms with E-state index in [1.807, 2.05) is 0 Å². The van der Waals surface area contributed by atoms with E-state index in [1.54, 1.807) is 23.1 Å². The molecule has 0 atom stereocenters. The van der Waals surface area contributed by atoms with Crippen molar-refractivity contribution in [1.29, 1.82) is 0 Å². The number of hydrogen-bond donors (Lipinski definition) is 2. The Morgan fingerprint density at radius 1 is 1.00 bits per heavy atom. The Bertz CT molecular complexity index is 717. The third-order valence-corrected chi connectivity index (χ3v) is 4.55. The molecule has 2 aromatic carbocycles. The smallest absolute Gasteiger partial charge is 0.244 e. The number of likely N-dealkylation sites (tertiary alicyclic amines) is 1. The van der Waals surface area contributed by atoms with Crippen molar-refractivity contribution in [1.82, 2.24) is 5.32 Å². The van der Waals surface area contributed by atoms with Crippen LogP contribution in [0.3, 0.4) is 0 Å². The lowest BCUT2D eigenvalue weighted by Gasteiger charge is -2.12. The van der Waals surface area contributed by atoms with Gasteiger partial charge in [-0.25, -0.2) is 4.39 Å². The minimum absolute atomic E-state index is 0.157. The fourth-order valence-electron chi connectivity index (χ4n) is 3.11. The van der Waals surface area contributed by atoms with E-state index in [9.17, 15) is 9.18 Å². The zero-order valence-corrected chi connectivity index (χ0v) is 14.3. The van der Waals surface area contributed by atoms with Crippen molar-refractivity contribution in [2.75, 3.05) is 13.1 Å². The topological polar surface area (TPSA) is 33.5 Å². The van der Waals surface area contributed by atoms with Gasteiger partial charge < -0.3 is 10.2 Å². The quantitative estimate of drug-likeness (QED) is 0.778. The summed E-state index contributed by atoms with van der Waals surface area (Å²) in [5.74, 6) is -0.439. The molecule has 130 valence electrons. The second-order valence-electron chi connectivity index (χ2n) is 6.55. The van der Waals surface area contributed by atoms with E-state index in [1.165, 1.54) is 49.7 Å². The second kappa shape index (κ2) is 8.58. The molecule has 1 aliphatic rings. The van der Waals surface area contributed by atoms with E-state index in [2.05, 4.69) is 29.6 Å². The summed E-state index contributed by atoms with van der Waals surface area (Å²) in [5.41, 5.74) is 3.23. The summed E-state index contributed by atoms with van der Waals surface area (Å²) in [5, 5.41) is 2.87. The Labute approximate surface area is 148 Å². The van der Waals surface area contributed by atoms with Gasteiger partial charge >= 0.3 is 0 Å². The molecule has 0 aliphatic carbocycles. The minimum atomic E-state index is -0.281. The van der Waals surface area contributed by atoms with Crippen molar-refractivity contribution in [2.45, 2.75) is 25.9 Å². The first-order valence-corrected chi connectivity index (χ1v) is 8.82. The summed E-state index contributed by atoms with van der Waals surface area (Å²) < 4.78 is 12.8. The molecule has 0 aromatic heterocycles. The van der Waals surface area contributed by atoms with Gasteiger partial charge in [-0.3, -0.25) is 4.79 Å². The summed E-state index contributed by atoms with van der Waals surface area (Å²) >= 11 is 0. The van der Waals surface area contributed by atoms with Crippen LogP contribution in [0.2, 0.25) is 0 Å². The highest BCUT2D eigenvalue weighted by Gasteiger charge is 2.15. The molecule has 2 N–H and O–H groups in total. The maximum absolute atomic E-state index is 12.8. The van der Waals surface area contributed by atoms with Crippen LogP contribution >= 0.6 is 0 Å². The van der Waals surface area contributed by atoms with Gasteiger partial charge in [0.15, 0.2) is 0 Å². The van der Waals surface area contributed by atoms with Gasteiger partial charge in [0.1, 0.15) is 12.4 Å². The van der Waals surface area contributed by atoms with Gasteiger partial charge in [-0.2, -0.15) is 0 Å². The predicted octanol–water partition coefficient (Wildman–Crippen LogP) is 2.33. The molecule has 0 saturated carbocycles. The van der Waals surface area contributed by atoms with Crippen LogP contribution in [0.5, 0.6) is 0 Å². The Morgan fingerprint density at radius 2 is 1.64 bits per heavy atom. The largest absolute Gasteiger partial charge is 0.348 e. The highest BCUT2D eigenvalue weighted by Crippen LogP contribution is 2.06. The van der Waals surface area contributed by atoms with Gasteiger partial charge in [0.2, 0.25) is 5.91 Å². The predicted molar refractivity (Wildman–Crippen MR) is 97.4 cm³/mol. The summed E-state index contributed by atoms with van der Waals surface area (Å²) in [6.07, 6.45) is 5.82. The molecule has 1 aliphatic heterocycles. The normalized spacial score (nSPS) is 14.9. The van der Waals surface area contributed by atoms with Gasteiger partial charge in [-0.05, 0) is 29.3 Å². The molecule has 1 fully saturated rings. The molecule has 0 spiro atoms. The second-order valence-corrected chi connectivity index (χ2v) is 6.55. The number of carbonyl (C=O) groups excluding carboxylic acids is 1. The SMILES string of the molecule is O=C(/C=C/c1ccc(F)cc1)NCc1ccc(C[NH+]2CCCC2)cc1. The van der Waals surface area contributed by atoms with Crippen molar-refractivity contribution < 1.29 is 14.1 Å². The monoisotopic (exact) mass is 339 g/mol. The molecule has 1 amide bonds. The van der Waals surface area contributed by atoms with Gasteiger partial charge in [-0.1, -0.05) is 36.4 Å². The van der Waals surface area contributed by atoms with Crippen LogP contribution in [0, 0.1) is 5.82 Å². The van der Waals surface area contributed by atoms with E-state index < -0.39 is 0 Å². The standard InChI is InChI=1S/C21H23FN2O/c22-20-10-7-17(8-11-20)9-12-21(25)23-15-18-3-5-19(6-4-18)16-24-13-1-2-14-24/h3-12H,1-2,13-16H2,(H,23,25)/p+1/b12-9+. The number of hydrogen-bond acceptors (Lipinski definition) is 1. The molecule has 1 saturated heterocycles. The number of benzene rings is 2. The molecule has 2 aromatic rings. The van der Waals surface area contributed by atoms with E-state index >= 15 is 0 Å². The number of quaternary nitrogens is 1. The fraction of sp³-hybridized carbons (Fsp3) is 0.286. The number of amides is 1. The lowest BCUT2D eigenvalue weighted by molar-refractivity contribution is -0.901. The molecular formula is C21H24FN2O+. The first-order valence-electron chi connectivity index (χ1n) is 8.82. The van der Waals surface area contributed by atoms with E-state index in [0.717, 1.165) is 17.7 Å². The van der Waals surface area contributed by atoms with Crippen molar-refractivity contribution >= 4 is 12.0 Å². The Hall–Kier alpha value is -2.46. The van der Waals surface area contributed by atoms with Gasteiger partial charge in [-0.15, -0.1) is 0 Å². The molecule has 4 heteroatoms. The van der Waals surface area contributed by atoms with E-state index in [0.29, 0.717) is 6.54 Å². The highest BCUT2D eigenvalue weighted by molar-refractivity contribution is 5.91. The Kier molecular flexibility index (Phi) is 5.96. The first-order chi connectivity index (χ1) is 12.2. The van der Waals surface area contributed by atoms with Gasteiger partial charge in [0.05, 0.1) is 13.1 Å². The van der Waals surface area contributed by atoms with Crippen molar-refractivity contribution in [3.05, 3.63) is 77.1 Å². The summed E-state index contributed by atoms with van der Waals surface area (Å²) in [6.45, 7) is 4.15. The highest BCUT2D eigenvalue weighted by atomic mass is 19.1. The number of carbonyl (C=O) groups is 1. The third-order valence-electron chi connectivity index (χ3n) is 4.55. The summed E-state index contributed by atoms with van der Waals surface area (Å²) in [4.78, 5) is 13.5. The van der Waals surface area contributed by atoms with Gasteiger partial charge in [0.25, 0.3) is 0 Å². The van der Waals surface area contributed by atoms with Crippen LogP contribution in [-0.4, -0.2) is 19.0 Å². The first kappa shape index (κ1) is 17.4. The maximum Gasteiger partial charge on any atom is 0.244 e. The van der Waals surface area contributed by atoms with E-state index in [4.69, 9.17) is 0 Å². The molecule has 3 rings (SSSR count). The number of halogens is 1. The van der Waals surface area contributed by atoms with Crippen LogP contribution in [0.4, 0.5) is 4.39 Å². The number of rotatable bonds is 6. The average molecular weight is 339 g/mol. The maximum atomic E-state index is 12.8. The summed E-state index contributed by atoms with van der Waals surface area (Å²) in [6, 6.07) is 14.5. The van der Waals surface area contributed by atoms with Crippen molar-refractivity contribution in [2.24, 2.45) is 0 Å². The van der Waals surface area contributed by atoms with Crippen LogP contribution in [0.1, 0.15) is 29.5 Å². The van der Waals surface area contributed by atoms with Crippen LogP contribution < -0.4 is 10.2 Å². The van der Waals surface area contributed by atoms with Crippen LogP contribution in [0.15, 0.2) is 54.6 Å². The summed E-state index contributed by atoms with van der Waals surface area (Å²) in [7, 11) is 0. The zero-order chi connectivity index (χ0) is 17.5.